The molecule has 23 heteroatoms. The molecule has 16 nitrogen and oxygen atoms in total. The van der Waals surface area contributed by atoms with Gasteiger partial charge in [0, 0.05) is 0 Å². The van der Waals surface area contributed by atoms with Gasteiger partial charge in [-0.15, -0.1) is 0 Å². The van der Waals surface area contributed by atoms with Crippen molar-refractivity contribution in [2.24, 2.45) is 10.3 Å². The molecule has 2 aliphatic rings. The zero-order valence-electron chi connectivity index (χ0n) is 29.3. The number of carbonyl (C=O) groups is 2. The molecule has 3 rings (SSSR count). The van der Waals surface area contributed by atoms with E-state index in [1.165, 1.54) is 26.2 Å². The molecule has 2 aliphatic heterocycles. The van der Waals surface area contributed by atoms with Crippen molar-refractivity contribution in [2.75, 3.05) is 26.9 Å². The Labute approximate surface area is 301 Å². The summed E-state index contributed by atoms with van der Waals surface area (Å²) in [4.78, 5) is 41.1. The van der Waals surface area contributed by atoms with Gasteiger partial charge < -0.3 is 0 Å². The Bertz CT molecular complexity index is 1380. The first-order valence-corrected chi connectivity index (χ1v) is 17.0. The second kappa shape index (κ2) is 23.6. The summed E-state index contributed by atoms with van der Waals surface area (Å²) >= 11 is 0. The number of carboxylic acids is 1. The minimum absolute atomic E-state index is 0.0979. The monoisotopic (exact) mass is 702 g/mol. The molecule has 0 saturated carbocycles. The average molecular weight is 701 g/mol. The van der Waals surface area contributed by atoms with Gasteiger partial charge in [0.25, 0.3) is 0 Å². The first-order valence-electron chi connectivity index (χ1n) is 17.0. The molecule has 1 aromatic rings. The summed E-state index contributed by atoms with van der Waals surface area (Å²) in [6, 6.07) is 5.37. The summed E-state index contributed by atoms with van der Waals surface area (Å²) < 4.78 is 48.2. The van der Waals surface area contributed by atoms with E-state index in [0.29, 0.717) is 12.8 Å². The Hall–Kier alpha value is -2.92. The molecule has 0 aliphatic carbocycles. The van der Waals surface area contributed by atoms with E-state index in [2.05, 4.69) is 15.2 Å². The molecule has 4 unspecified atom stereocenters. The van der Waals surface area contributed by atoms with Gasteiger partial charge in [-0.1, -0.05) is 13.0 Å². The number of carboxylic acid groups (broad SMARTS) is 1. The maximum absolute atomic E-state index is 13.5. The van der Waals surface area contributed by atoms with Crippen LogP contribution in [0.15, 0.2) is 40.6 Å². The van der Waals surface area contributed by atoms with Crippen LogP contribution in [0.1, 0.15) is 49.9 Å². The fraction of sp³-hybridized carbons (Fsp3) is 0.714. The fourth-order valence-corrected chi connectivity index (χ4v) is 5.47. The van der Waals surface area contributed by atoms with Gasteiger partial charge in [0.1, 0.15) is 0 Å². The molecule has 2 saturated heterocycles. The average Bonchev–Trinajstić information content (AvgIpc) is 3.14. The molecule has 2 fully saturated rings. The van der Waals surface area contributed by atoms with E-state index in [9.17, 15) is 25.1 Å². The Morgan fingerprint density at radius 2 is 1.61 bits per heavy atom. The van der Waals surface area contributed by atoms with Gasteiger partial charge in [-0.05, 0) is 0 Å². The van der Waals surface area contributed by atoms with Crippen LogP contribution in [0.3, 0.4) is 0 Å². The molecule has 1 N–H and O–H groups in total. The third-order valence-electron chi connectivity index (χ3n) is 8.04. The summed E-state index contributed by atoms with van der Waals surface area (Å²) in [5.41, 5.74) is 9.67. The number of carbonyl (C=O) groups excluding carboxylic acids is 1. The zero-order chi connectivity index (χ0) is 37.0. The molecule has 51 heavy (non-hydrogen) atoms. The molecular formula is C28H41B7N4O12. The van der Waals surface area contributed by atoms with Crippen molar-refractivity contribution >= 4 is 60.1 Å². The van der Waals surface area contributed by atoms with Crippen LogP contribution in [0.2, 0.25) is 0 Å². The third-order valence-corrected chi connectivity index (χ3v) is 8.04. The molecule has 0 bridgehead atoms. The van der Waals surface area contributed by atoms with Crippen LogP contribution in [0, 0.1) is 4.91 Å². The molecule has 2 heterocycles. The number of nitrogens with zero attached hydrogens (tertiary/aromatic N) is 4. The summed E-state index contributed by atoms with van der Waals surface area (Å²) in [6.07, 6.45) is -7.99. The molecule has 0 amide bonds. The molecule has 0 aromatic heterocycles. The van der Waals surface area contributed by atoms with Gasteiger partial charge in [-0.2, -0.15) is 0 Å². The van der Waals surface area contributed by atoms with Crippen molar-refractivity contribution in [3.8, 4) is 0 Å². The predicted octanol–water partition coefficient (Wildman–Crippen LogP) is 0.242. The van der Waals surface area contributed by atoms with Crippen LogP contribution >= 0.6 is 0 Å². The first-order chi connectivity index (χ1) is 24.8. The van der Waals surface area contributed by atoms with E-state index in [-0.39, 0.29) is 25.4 Å². The van der Waals surface area contributed by atoms with E-state index >= 15 is 0 Å². The van der Waals surface area contributed by atoms with E-state index < -0.39 is 73.2 Å². The summed E-state index contributed by atoms with van der Waals surface area (Å²) in [6.45, 7) is 13.0. The van der Waals surface area contributed by atoms with Gasteiger partial charge in [0.15, 0.2) is 0 Å². The zero-order valence-corrected chi connectivity index (χ0v) is 29.3. The Morgan fingerprint density at radius 1 is 0.941 bits per heavy atom. The van der Waals surface area contributed by atoms with Crippen LogP contribution in [0.4, 0.5) is 0 Å². The number of esters is 1. The van der Waals surface area contributed by atoms with Gasteiger partial charge in [0.05, 0.1) is 0 Å². The van der Waals surface area contributed by atoms with Gasteiger partial charge >= 0.3 is 289 Å². The second-order valence-electron chi connectivity index (χ2n) is 11.6. The molecule has 266 valence electrons. The van der Waals surface area contributed by atoms with E-state index in [0.717, 1.165) is 12.8 Å². The van der Waals surface area contributed by atoms with Crippen LogP contribution in [0.5, 0.6) is 0 Å². The van der Waals surface area contributed by atoms with Gasteiger partial charge in [0.2, 0.25) is 0 Å². The molecule has 10 atom stereocenters. The molecular weight excluding hydrogens is 660 g/mol. The maximum atomic E-state index is 13.5. The number of benzene rings is 1. The van der Waals surface area contributed by atoms with Crippen LogP contribution in [0.25, 0.3) is 10.4 Å². The van der Waals surface area contributed by atoms with Gasteiger partial charge in [-0.25, -0.2) is 0 Å². The Morgan fingerprint density at radius 3 is 2.20 bits per heavy atom. The van der Waals surface area contributed by atoms with Crippen molar-refractivity contribution in [2.45, 2.75) is 101 Å². The van der Waals surface area contributed by atoms with Crippen molar-refractivity contribution in [1.82, 2.24) is 0 Å². The normalized spacial score (nSPS) is 28.6. The quantitative estimate of drug-likeness (QED) is 0.0348. The third kappa shape index (κ3) is 12.6. The number of hydrogen-bond acceptors (Lipinski definition) is 13. The predicted molar refractivity (Wildman–Crippen MR) is 193 cm³/mol. The van der Waals surface area contributed by atoms with Crippen molar-refractivity contribution in [1.29, 1.82) is 0 Å². The van der Waals surface area contributed by atoms with Crippen molar-refractivity contribution < 1.29 is 52.5 Å². The second-order valence-corrected chi connectivity index (χ2v) is 11.6. The Balaban J connectivity index is 2.10. The standard InChI is InChI=1S/C28H41B7N4O12/c1-4-6-13-45-21-18(38-43)23(25(40)41)51-28(24(21)49-26(42)16-11-9-8-10-12-16)50-20-17(15-47-35-34-33-32-31-30-29)48-27(44-3)19(37-39-36)22(20)46-14-7-5-2/h8-12,17-24,27-28H,4-7,13-15,29H2,1-3H3,(H,40,41)/t17?,18-,19?,20+,21?,22+,23?,24-,27-,28+/m0/s1. The SMILES string of the molecule is BB=BB=BB=BOCC1O[C@H](OC)C(N=[N+]=[N-])[C@@H](OCCCC)[C@@H]1O[C@@H]1OC(C(=O)O)[C@@H](N=O)C(OCCCC)[C@@H]1OC(=O)c1ccccc1. The molecule has 1 aromatic carbocycles. The Kier molecular flexibility index (Phi) is 19.7. The van der Waals surface area contributed by atoms with Crippen LogP contribution in [-0.2, 0) is 42.6 Å². The number of nitroso groups, excluding NO2 is 1. The number of azide groups is 1. The molecule has 0 spiro atoms. The van der Waals surface area contributed by atoms with Crippen molar-refractivity contribution in [3.05, 3.63) is 51.2 Å². The fourth-order valence-electron chi connectivity index (χ4n) is 5.47. The number of aliphatic carboxylic acids is 1. The van der Waals surface area contributed by atoms with E-state index in [1.54, 1.807) is 31.6 Å². The number of unbranched alkanes of at least 4 members (excludes halogenated alkanes) is 2. The van der Waals surface area contributed by atoms with Crippen LogP contribution in [-0.4, -0.2) is 153 Å². The summed E-state index contributed by atoms with van der Waals surface area (Å²) in [5.74, 6) is -2.32. The number of hydrogen-bond donors (Lipinski definition) is 1. The van der Waals surface area contributed by atoms with E-state index in [4.69, 9.17) is 37.8 Å². The summed E-state index contributed by atoms with van der Waals surface area (Å²) in [7, 11) is 4.70. The first kappa shape index (κ1) is 42.5. The van der Waals surface area contributed by atoms with Crippen LogP contribution < -0.4 is 0 Å². The van der Waals surface area contributed by atoms with E-state index in [1.807, 2.05) is 41.7 Å². The number of rotatable bonds is 21. The number of methoxy groups -OCH3 is 1. The summed E-state index contributed by atoms with van der Waals surface area (Å²) in [5, 5.41) is 17.1. The van der Waals surface area contributed by atoms with Gasteiger partial charge in [-0.3, -0.25) is 0 Å². The molecule has 0 radical (unpaired) electrons. The van der Waals surface area contributed by atoms with Crippen molar-refractivity contribution in [3.63, 3.8) is 0 Å². The topological polar surface area (TPSA) is 206 Å². The minimum atomic E-state index is -1.84. The number of ether oxygens (including phenoxy) is 7.